The molecule has 0 radical (unpaired) electrons. The van der Waals surface area contributed by atoms with E-state index in [2.05, 4.69) is 5.32 Å². The third kappa shape index (κ3) is 3.49. The molecular weight excluding hydrogens is 244 g/mol. The second-order valence-corrected chi connectivity index (χ2v) is 3.61. The third-order valence-electron chi connectivity index (χ3n) is 2.44. The Morgan fingerprint density at radius 2 is 2.16 bits per heavy atom. The minimum atomic E-state index is -0.408. The summed E-state index contributed by atoms with van der Waals surface area (Å²) in [5.74, 6) is 0.626. The van der Waals surface area contributed by atoms with Gasteiger partial charge in [0.05, 0.1) is 14.2 Å². The van der Waals surface area contributed by atoms with Crippen molar-refractivity contribution in [2.24, 2.45) is 0 Å². The number of ether oxygens (including phenoxy) is 2. The molecule has 0 bridgehead atoms. The van der Waals surface area contributed by atoms with Crippen molar-refractivity contribution in [1.82, 2.24) is 5.32 Å². The first-order valence-corrected chi connectivity index (χ1v) is 5.78. The van der Waals surface area contributed by atoms with E-state index in [0.29, 0.717) is 23.6 Å². The van der Waals surface area contributed by atoms with Crippen LogP contribution >= 0.6 is 0 Å². The van der Waals surface area contributed by atoms with Crippen molar-refractivity contribution in [3.8, 4) is 17.6 Å². The number of rotatable bonds is 5. The number of carbonyl (C=O) groups excluding carboxylic acids is 1. The highest BCUT2D eigenvalue weighted by Gasteiger charge is 2.12. The fraction of sp³-hybridized carbons (Fsp3) is 0.286. The fourth-order valence-electron chi connectivity index (χ4n) is 1.59. The molecule has 0 atom stereocenters. The number of nitriles is 1. The van der Waals surface area contributed by atoms with Crippen LogP contribution in [-0.2, 0) is 4.79 Å². The van der Waals surface area contributed by atoms with Crippen molar-refractivity contribution in [3.05, 3.63) is 29.3 Å². The van der Waals surface area contributed by atoms with E-state index in [-0.39, 0.29) is 5.57 Å². The van der Waals surface area contributed by atoms with Gasteiger partial charge in [-0.2, -0.15) is 5.26 Å². The highest BCUT2D eigenvalue weighted by molar-refractivity contribution is 6.02. The van der Waals surface area contributed by atoms with Gasteiger partial charge in [0.25, 0.3) is 5.91 Å². The van der Waals surface area contributed by atoms with E-state index in [4.69, 9.17) is 14.7 Å². The maximum atomic E-state index is 11.7. The minimum Gasteiger partial charge on any atom is -0.493 e. The number of nitrogens with one attached hydrogen (secondary N) is 1. The van der Waals surface area contributed by atoms with Crippen LogP contribution in [0.25, 0.3) is 6.08 Å². The summed E-state index contributed by atoms with van der Waals surface area (Å²) in [6.07, 6.45) is 1.48. The van der Waals surface area contributed by atoms with Crippen LogP contribution < -0.4 is 14.8 Å². The SMILES string of the molecule is CCNC(=O)C(C#N)=Cc1cccc(OC)c1OC. The van der Waals surface area contributed by atoms with Gasteiger partial charge < -0.3 is 14.8 Å². The molecule has 100 valence electrons. The lowest BCUT2D eigenvalue weighted by Crippen LogP contribution is -2.23. The lowest BCUT2D eigenvalue weighted by molar-refractivity contribution is -0.116. The van der Waals surface area contributed by atoms with Gasteiger partial charge in [0.15, 0.2) is 11.5 Å². The molecule has 0 saturated heterocycles. The van der Waals surface area contributed by atoms with Gasteiger partial charge in [0.1, 0.15) is 11.6 Å². The molecule has 0 spiro atoms. The Hall–Kier alpha value is -2.48. The number of carbonyl (C=O) groups is 1. The number of benzene rings is 1. The van der Waals surface area contributed by atoms with Gasteiger partial charge in [0, 0.05) is 12.1 Å². The Balaban J connectivity index is 3.22. The molecule has 0 fully saturated rings. The zero-order chi connectivity index (χ0) is 14.3. The summed E-state index contributed by atoms with van der Waals surface area (Å²) in [5, 5.41) is 11.6. The summed E-state index contributed by atoms with van der Waals surface area (Å²) in [6.45, 7) is 2.26. The van der Waals surface area contributed by atoms with Gasteiger partial charge in [-0.05, 0) is 19.1 Å². The summed E-state index contributed by atoms with van der Waals surface area (Å²) in [5.41, 5.74) is 0.637. The van der Waals surface area contributed by atoms with Crippen molar-refractivity contribution in [2.75, 3.05) is 20.8 Å². The first kappa shape index (κ1) is 14.6. The molecule has 1 aromatic rings. The molecule has 0 aliphatic rings. The average Bonchev–Trinajstić information content (AvgIpc) is 2.44. The Bertz CT molecular complexity index is 530. The molecule has 1 rings (SSSR count). The van der Waals surface area contributed by atoms with Gasteiger partial charge in [-0.3, -0.25) is 4.79 Å². The van der Waals surface area contributed by atoms with Gasteiger partial charge in [-0.15, -0.1) is 0 Å². The molecule has 1 N–H and O–H groups in total. The van der Waals surface area contributed by atoms with Gasteiger partial charge >= 0.3 is 0 Å². The van der Waals surface area contributed by atoms with Crippen LogP contribution in [0.2, 0.25) is 0 Å². The topological polar surface area (TPSA) is 71.4 Å². The summed E-state index contributed by atoms with van der Waals surface area (Å²) in [6, 6.07) is 7.13. The summed E-state index contributed by atoms with van der Waals surface area (Å²) in [4.78, 5) is 11.7. The van der Waals surface area contributed by atoms with Gasteiger partial charge in [0.2, 0.25) is 0 Å². The van der Waals surface area contributed by atoms with Crippen LogP contribution in [0.15, 0.2) is 23.8 Å². The van der Waals surface area contributed by atoms with Crippen LogP contribution in [0.1, 0.15) is 12.5 Å². The molecule has 0 saturated carbocycles. The molecule has 0 heterocycles. The number of methoxy groups -OCH3 is 2. The maximum absolute atomic E-state index is 11.7. The minimum absolute atomic E-state index is 0.0217. The average molecular weight is 260 g/mol. The Labute approximate surface area is 112 Å². The Morgan fingerprint density at radius 1 is 1.42 bits per heavy atom. The van der Waals surface area contributed by atoms with E-state index in [0.717, 1.165) is 0 Å². The number of para-hydroxylation sites is 1. The summed E-state index contributed by atoms with van der Waals surface area (Å²) < 4.78 is 10.4. The van der Waals surface area contributed by atoms with Crippen LogP contribution in [0.4, 0.5) is 0 Å². The summed E-state index contributed by atoms with van der Waals surface area (Å²) >= 11 is 0. The highest BCUT2D eigenvalue weighted by atomic mass is 16.5. The van der Waals surface area contributed by atoms with Gasteiger partial charge in [-0.25, -0.2) is 0 Å². The van der Waals surface area contributed by atoms with E-state index in [1.807, 2.05) is 6.07 Å². The summed E-state index contributed by atoms with van der Waals surface area (Å²) in [7, 11) is 3.04. The zero-order valence-electron chi connectivity index (χ0n) is 11.2. The van der Waals surface area contributed by atoms with Crippen molar-refractivity contribution in [2.45, 2.75) is 6.92 Å². The van der Waals surface area contributed by atoms with Crippen LogP contribution in [0.3, 0.4) is 0 Å². The molecule has 0 unspecified atom stereocenters. The molecule has 0 aliphatic heterocycles. The maximum Gasteiger partial charge on any atom is 0.261 e. The standard InChI is InChI=1S/C14H16N2O3/c1-4-16-14(17)11(9-15)8-10-6-5-7-12(18-2)13(10)19-3/h5-8H,4H2,1-3H3,(H,16,17). The number of amides is 1. The Kier molecular flexibility index (Phi) is 5.42. The van der Waals surface area contributed by atoms with Crippen molar-refractivity contribution in [1.29, 1.82) is 5.26 Å². The largest absolute Gasteiger partial charge is 0.493 e. The molecule has 5 heteroatoms. The lowest BCUT2D eigenvalue weighted by atomic mass is 10.1. The van der Waals surface area contributed by atoms with Crippen LogP contribution in [-0.4, -0.2) is 26.7 Å². The van der Waals surface area contributed by atoms with Crippen molar-refractivity contribution >= 4 is 12.0 Å². The number of hydrogen-bond acceptors (Lipinski definition) is 4. The molecule has 1 amide bonds. The predicted octanol–water partition coefficient (Wildman–Crippen LogP) is 1.75. The molecular formula is C14H16N2O3. The van der Waals surface area contributed by atoms with Gasteiger partial charge in [-0.1, -0.05) is 12.1 Å². The van der Waals surface area contributed by atoms with Crippen molar-refractivity contribution < 1.29 is 14.3 Å². The van der Waals surface area contributed by atoms with E-state index < -0.39 is 5.91 Å². The van der Waals surface area contributed by atoms with E-state index in [9.17, 15) is 4.79 Å². The second-order valence-electron chi connectivity index (χ2n) is 3.61. The lowest BCUT2D eigenvalue weighted by Gasteiger charge is -2.10. The number of hydrogen-bond donors (Lipinski definition) is 1. The molecule has 0 aromatic heterocycles. The molecule has 0 aliphatic carbocycles. The van der Waals surface area contributed by atoms with Crippen molar-refractivity contribution in [3.63, 3.8) is 0 Å². The third-order valence-corrected chi connectivity index (χ3v) is 2.44. The van der Waals surface area contributed by atoms with E-state index >= 15 is 0 Å². The normalized spacial score (nSPS) is 10.5. The fourth-order valence-corrected chi connectivity index (χ4v) is 1.59. The monoisotopic (exact) mass is 260 g/mol. The number of likely N-dealkylation sites (N-methyl/N-ethyl adjacent to an activating group) is 1. The quantitative estimate of drug-likeness (QED) is 0.646. The Morgan fingerprint density at radius 3 is 2.68 bits per heavy atom. The van der Waals surface area contributed by atoms with E-state index in [1.54, 1.807) is 25.1 Å². The molecule has 1 aromatic carbocycles. The van der Waals surface area contributed by atoms with Crippen LogP contribution in [0, 0.1) is 11.3 Å². The predicted molar refractivity (Wildman–Crippen MR) is 71.8 cm³/mol. The second kappa shape index (κ2) is 7.07. The van der Waals surface area contributed by atoms with Crippen LogP contribution in [0.5, 0.6) is 11.5 Å². The first-order valence-electron chi connectivity index (χ1n) is 5.78. The molecule has 19 heavy (non-hydrogen) atoms. The highest BCUT2D eigenvalue weighted by Crippen LogP contribution is 2.32. The number of nitrogens with zero attached hydrogens (tertiary/aromatic N) is 1. The smallest absolute Gasteiger partial charge is 0.261 e. The first-order chi connectivity index (χ1) is 9.17. The van der Waals surface area contributed by atoms with E-state index in [1.165, 1.54) is 20.3 Å². The zero-order valence-corrected chi connectivity index (χ0v) is 11.2. The molecule has 5 nitrogen and oxygen atoms in total.